The summed E-state index contributed by atoms with van der Waals surface area (Å²) in [4.78, 5) is 12.2. The Labute approximate surface area is 54.9 Å². The van der Waals surface area contributed by atoms with Gasteiger partial charge in [0.2, 0.25) is 5.91 Å². The number of carbonyl (C=O) groups excluding carboxylic acids is 1. The maximum atomic E-state index is 10.7. The van der Waals surface area contributed by atoms with E-state index >= 15 is 0 Å². The molecule has 0 N–H and O–H groups in total. The molecule has 0 saturated heterocycles. The SMILES string of the molecule is CCN(C)C(=O)CC#N. The number of amides is 1. The molecule has 0 aliphatic carbocycles. The van der Waals surface area contributed by atoms with Gasteiger partial charge in [0, 0.05) is 13.6 Å². The van der Waals surface area contributed by atoms with Crippen molar-refractivity contribution in [2.75, 3.05) is 13.6 Å². The summed E-state index contributed by atoms with van der Waals surface area (Å²) >= 11 is 0. The number of rotatable bonds is 2. The molecule has 50 valence electrons. The zero-order chi connectivity index (χ0) is 7.28. The largest absolute Gasteiger partial charge is 0.345 e. The molecular formula is C6H10N2O. The monoisotopic (exact) mass is 126 g/mol. The number of carbonyl (C=O) groups is 1. The Morgan fingerprint density at radius 2 is 2.33 bits per heavy atom. The first-order valence-corrected chi connectivity index (χ1v) is 2.83. The van der Waals surface area contributed by atoms with Crippen molar-refractivity contribution >= 4 is 5.91 Å². The standard InChI is InChI=1S/C6H10N2O/c1-3-8(2)6(9)4-5-7/h3-4H2,1-2H3. The third-order valence-corrected chi connectivity index (χ3v) is 1.13. The fraction of sp³-hybridized carbons (Fsp3) is 0.667. The Kier molecular flexibility index (Phi) is 3.45. The molecule has 0 unspecified atom stereocenters. The molecule has 0 atom stereocenters. The van der Waals surface area contributed by atoms with Gasteiger partial charge in [0.15, 0.2) is 0 Å². The summed E-state index contributed by atoms with van der Waals surface area (Å²) in [5.41, 5.74) is 0. The molecule has 9 heavy (non-hydrogen) atoms. The Morgan fingerprint density at radius 3 is 2.67 bits per heavy atom. The van der Waals surface area contributed by atoms with Crippen LogP contribution in [0.5, 0.6) is 0 Å². The number of nitriles is 1. The minimum Gasteiger partial charge on any atom is -0.345 e. The van der Waals surface area contributed by atoms with Crippen LogP contribution in [-0.4, -0.2) is 24.4 Å². The lowest BCUT2D eigenvalue weighted by atomic mass is 10.4. The Balaban J connectivity index is 3.62. The van der Waals surface area contributed by atoms with Crippen LogP contribution in [0.3, 0.4) is 0 Å². The third kappa shape index (κ3) is 2.70. The average Bonchev–Trinajstić information content (AvgIpc) is 1.87. The summed E-state index contributed by atoms with van der Waals surface area (Å²) in [6.07, 6.45) is -0.00958. The summed E-state index contributed by atoms with van der Waals surface area (Å²) < 4.78 is 0. The van der Waals surface area contributed by atoms with Crippen LogP contribution in [0.25, 0.3) is 0 Å². The van der Waals surface area contributed by atoms with E-state index in [1.807, 2.05) is 6.92 Å². The van der Waals surface area contributed by atoms with Crippen molar-refractivity contribution < 1.29 is 4.79 Å². The summed E-state index contributed by atoms with van der Waals surface area (Å²) in [7, 11) is 1.68. The van der Waals surface area contributed by atoms with Gasteiger partial charge in [-0.3, -0.25) is 4.79 Å². The molecule has 1 amide bonds. The molecule has 0 aromatic carbocycles. The average molecular weight is 126 g/mol. The maximum Gasteiger partial charge on any atom is 0.236 e. The van der Waals surface area contributed by atoms with Crippen LogP contribution in [0.1, 0.15) is 13.3 Å². The molecule has 0 saturated carbocycles. The van der Waals surface area contributed by atoms with Gasteiger partial charge in [-0.15, -0.1) is 0 Å². The zero-order valence-electron chi connectivity index (χ0n) is 5.72. The van der Waals surface area contributed by atoms with Gasteiger partial charge >= 0.3 is 0 Å². The molecule has 0 rings (SSSR count). The molecule has 0 fully saturated rings. The predicted molar refractivity (Wildman–Crippen MR) is 33.5 cm³/mol. The molecule has 3 heteroatoms. The summed E-state index contributed by atoms with van der Waals surface area (Å²) in [5.74, 6) is -0.111. The highest BCUT2D eigenvalue weighted by Gasteiger charge is 2.02. The lowest BCUT2D eigenvalue weighted by Crippen LogP contribution is -2.25. The smallest absolute Gasteiger partial charge is 0.236 e. The second-order valence-corrected chi connectivity index (χ2v) is 1.74. The van der Waals surface area contributed by atoms with Gasteiger partial charge in [0.25, 0.3) is 0 Å². The Morgan fingerprint density at radius 1 is 1.78 bits per heavy atom. The van der Waals surface area contributed by atoms with E-state index in [1.54, 1.807) is 13.1 Å². The van der Waals surface area contributed by atoms with Gasteiger partial charge in [-0.1, -0.05) is 0 Å². The van der Waals surface area contributed by atoms with Gasteiger partial charge in [0.1, 0.15) is 6.42 Å². The van der Waals surface area contributed by atoms with Crippen molar-refractivity contribution in [3.63, 3.8) is 0 Å². The Hall–Kier alpha value is -1.04. The number of hydrogen-bond donors (Lipinski definition) is 0. The van der Waals surface area contributed by atoms with Crippen molar-refractivity contribution in [1.29, 1.82) is 5.26 Å². The van der Waals surface area contributed by atoms with Crippen LogP contribution in [0.15, 0.2) is 0 Å². The first kappa shape index (κ1) is 7.96. The molecule has 0 aliphatic rings. The van der Waals surface area contributed by atoms with Gasteiger partial charge in [-0.2, -0.15) is 5.26 Å². The molecule has 0 heterocycles. The first-order valence-electron chi connectivity index (χ1n) is 2.83. The van der Waals surface area contributed by atoms with E-state index in [2.05, 4.69) is 0 Å². The van der Waals surface area contributed by atoms with Crippen LogP contribution in [0.4, 0.5) is 0 Å². The van der Waals surface area contributed by atoms with E-state index in [4.69, 9.17) is 5.26 Å². The predicted octanol–water partition coefficient (Wildman–Crippen LogP) is 0.378. The van der Waals surface area contributed by atoms with Gasteiger partial charge in [0.05, 0.1) is 6.07 Å². The lowest BCUT2D eigenvalue weighted by molar-refractivity contribution is -0.128. The molecular weight excluding hydrogens is 116 g/mol. The van der Waals surface area contributed by atoms with Crippen LogP contribution < -0.4 is 0 Å². The fourth-order valence-corrected chi connectivity index (χ4v) is 0.379. The summed E-state index contributed by atoms with van der Waals surface area (Å²) in [6, 6.07) is 1.79. The van der Waals surface area contributed by atoms with Crippen LogP contribution in [0, 0.1) is 11.3 Å². The normalized spacial score (nSPS) is 8.11. The van der Waals surface area contributed by atoms with E-state index < -0.39 is 0 Å². The molecule has 0 spiro atoms. The van der Waals surface area contributed by atoms with Gasteiger partial charge in [-0.05, 0) is 6.92 Å². The van der Waals surface area contributed by atoms with Crippen molar-refractivity contribution in [2.24, 2.45) is 0 Å². The van der Waals surface area contributed by atoms with Crippen LogP contribution >= 0.6 is 0 Å². The van der Waals surface area contributed by atoms with Gasteiger partial charge < -0.3 is 4.90 Å². The topological polar surface area (TPSA) is 44.1 Å². The third-order valence-electron chi connectivity index (χ3n) is 1.13. The fourth-order valence-electron chi connectivity index (χ4n) is 0.379. The highest BCUT2D eigenvalue weighted by Crippen LogP contribution is 1.86. The van der Waals surface area contributed by atoms with E-state index in [1.165, 1.54) is 4.90 Å². The lowest BCUT2D eigenvalue weighted by Gasteiger charge is -2.10. The first-order chi connectivity index (χ1) is 4.22. The maximum absolute atomic E-state index is 10.7. The van der Waals surface area contributed by atoms with Crippen LogP contribution in [0.2, 0.25) is 0 Å². The molecule has 0 aromatic heterocycles. The zero-order valence-corrected chi connectivity index (χ0v) is 5.72. The highest BCUT2D eigenvalue weighted by molar-refractivity contribution is 5.77. The van der Waals surface area contributed by atoms with E-state index in [9.17, 15) is 4.79 Å². The van der Waals surface area contributed by atoms with Crippen molar-refractivity contribution in [1.82, 2.24) is 4.90 Å². The van der Waals surface area contributed by atoms with Crippen molar-refractivity contribution in [3.05, 3.63) is 0 Å². The molecule has 0 radical (unpaired) electrons. The highest BCUT2D eigenvalue weighted by atomic mass is 16.2. The second kappa shape index (κ2) is 3.90. The van der Waals surface area contributed by atoms with Crippen LogP contribution in [-0.2, 0) is 4.79 Å². The van der Waals surface area contributed by atoms with Crippen molar-refractivity contribution in [2.45, 2.75) is 13.3 Å². The Bertz CT molecular complexity index is 136. The van der Waals surface area contributed by atoms with E-state index in [-0.39, 0.29) is 12.3 Å². The summed E-state index contributed by atoms with van der Waals surface area (Å²) in [6.45, 7) is 2.54. The minimum atomic E-state index is -0.111. The molecule has 0 bridgehead atoms. The quantitative estimate of drug-likeness (QED) is 0.536. The molecule has 0 aromatic rings. The van der Waals surface area contributed by atoms with E-state index in [0.29, 0.717) is 6.54 Å². The molecule has 0 aliphatic heterocycles. The number of nitrogens with zero attached hydrogens (tertiary/aromatic N) is 2. The molecule has 3 nitrogen and oxygen atoms in total. The van der Waals surface area contributed by atoms with Gasteiger partial charge in [-0.25, -0.2) is 0 Å². The summed E-state index contributed by atoms with van der Waals surface area (Å²) in [5, 5.41) is 8.08. The van der Waals surface area contributed by atoms with Crippen molar-refractivity contribution in [3.8, 4) is 6.07 Å². The van der Waals surface area contributed by atoms with E-state index in [0.717, 1.165) is 0 Å². The number of hydrogen-bond acceptors (Lipinski definition) is 2. The second-order valence-electron chi connectivity index (χ2n) is 1.74. The minimum absolute atomic E-state index is 0.00958.